The molecule has 5 aromatic rings. The first-order valence-electron chi connectivity index (χ1n) is 15.0. The Morgan fingerprint density at radius 1 is 0.591 bits per heavy atom. The summed E-state index contributed by atoms with van der Waals surface area (Å²) in [7, 11) is 0. The van der Waals surface area contributed by atoms with Crippen LogP contribution in [0.2, 0.25) is 0 Å². The van der Waals surface area contributed by atoms with Crippen molar-refractivity contribution >= 4 is 22.2 Å². The molecular formula is C38H38Cl2NOSiZr. The summed E-state index contributed by atoms with van der Waals surface area (Å²) in [4.78, 5) is 14.8. The van der Waals surface area contributed by atoms with Gasteiger partial charge in [0.15, 0.2) is 0 Å². The van der Waals surface area contributed by atoms with E-state index in [0.717, 1.165) is 16.7 Å². The molecule has 0 spiro atoms. The summed E-state index contributed by atoms with van der Waals surface area (Å²) < 4.78 is 4.21. The second-order valence-corrected chi connectivity index (χ2v) is 26.3. The third kappa shape index (κ3) is 6.60. The summed E-state index contributed by atoms with van der Waals surface area (Å²) in [5.41, 5.74) is 8.61. The van der Waals surface area contributed by atoms with E-state index in [1.807, 2.05) is 0 Å². The van der Waals surface area contributed by atoms with E-state index in [1.165, 1.54) is 32.6 Å². The van der Waals surface area contributed by atoms with Crippen LogP contribution in [0.4, 0.5) is 0 Å². The maximum absolute atomic E-state index is 14.8. The van der Waals surface area contributed by atoms with Gasteiger partial charge in [-0.1, -0.05) is 0 Å². The number of nitrogens with one attached hydrogen (secondary N) is 1. The molecule has 6 heteroatoms. The number of carbonyl (C=O) groups excluding carboxylic acids is 1. The predicted molar refractivity (Wildman–Crippen MR) is 175 cm³/mol. The molecule has 6 rings (SSSR count). The van der Waals surface area contributed by atoms with Gasteiger partial charge in [0.1, 0.15) is 0 Å². The molecule has 0 saturated heterocycles. The number of fused-ring (bicyclic) bond motifs is 3. The Morgan fingerprint density at radius 2 is 1.00 bits per heavy atom. The van der Waals surface area contributed by atoms with Crippen molar-refractivity contribution in [3.8, 4) is 11.1 Å². The van der Waals surface area contributed by atoms with Gasteiger partial charge in [0.05, 0.1) is 0 Å². The van der Waals surface area contributed by atoms with E-state index in [4.69, 9.17) is 0 Å². The fraction of sp³-hybridized carbons (Fsp3) is 0.184. The van der Waals surface area contributed by atoms with Gasteiger partial charge in [0.2, 0.25) is 0 Å². The van der Waals surface area contributed by atoms with Crippen LogP contribution in [0.25, 0.3) is 11.1 Å². The van der Waals surface area contributed by atoms with Crippen molar-refractivity contribution in [3.05, 3.63) is 155 Å². The van der Waals surface area contributed by atoms with Crippen LogP contribution in [-0.2, 0) is 21.2 Å². The van der Waals surface area contributed by atoms with Crippen LogP contribution in [0.3, 0.4) is 0 Å². The summed E-state index contributed by atoms with van der Waals surface area (Å²) in [5, 5.41) is 2.84. The maximum atomic E-state index is 14.8. The normalized spacial score (nSPS) is 11.9. The molecule has 0 heterocycles. The van der Waals surface area contributed by atoms with E-state index in [9.17, 15) is 4.79 Å². The average molecular weight is 715 g/mol. The molecule has 1 aliphatic rings. The Hall–Kier alpha value is -2.75. The number of hydrogen-bond acceptors (Lipinski definition) is 1. The molecule has 1 amide bonds. The van der Waals surface area contributed by atoms with Crippen molar-refractivity contribution < 1.29 is 50.8 Å². The predicted octanol–water partition coefficient (Wildman–Crippen LogP) is 1.51. The zero-order valence-corrected chi connectivity index (χ0v) is 30.7. The van der Waals surface area contributed by atoms with Crippen molar-refractivity contribution in [2.24, 2.45) is 0 Å². The van der Waals surface area contributed by atoms with Gasteiger partial charge >= 0.3 is 261 Å². The number of hydrogen-bond donors (Lipinski definition) is 1. The summed E-state index contributed by atoms with van der Waals surface area (Å²) in [5.74, 6) is -1.17. The van der Waals surface area contributed by atoms with Crippen molar-refractivity contribution in [1.29, 1.82) is 0 Å². The topological polar surface area (TPSA) is 29.1 Å². The van der Waals surface area contributed by atoms with Crippen molar-refractivity contribution in [2.45, 2.75) is 43.2 Å². The minimum atomic E-state index is -2.97. The Morgan fingerprint density at radius 3 is 1.43 bits per heavy atom. The van der Waals surface area contributed by atoms with Crippen LogP contribution in [0.15, 0.2) is 127 Å². The minimum Gasteiger partial charge on any atom is -1.00 e. The van der Waals surface area contributed by atoms with Crippen molar-refractivity contribution in [3.63, 3.8) is 0 Å². The van der Waals surface area contributed by atoms with Gasteiger partial charge in [-0.15, -0.1) is 0 Å². The summed E-state index contributed by atoms with van der Waals surface area (Å²) in [6, 6.07) is 46.4. The Kier molecular flexibility index (Phi) is 11.7. The van der Waals surface area contributed by atoms with Gasteiger partial charge in [0.25, 0.3) is 0 Å². The smallest absolute Gasteiger partial charge is 1.00 e. The summed E-state index contributed by atoms with van der Waals surface area (Å²) >= 11 is -2.97. The van der Waals surface area contributed by atoms with Gasteiger partial charge in [-0.25, -0.2) is 0 Å². The molecule has 5 aromatic carbocycles. The van der Waals surface area contributed by atoms with Gasteiger partial charge in [0, 0.05) is 0 Å². The molecule has 0 aromatic heterocycles. The molecule has 0 radical (unpaired) electrons. The summed E-state index contributed by atoms with van der Waals surface area (Å²) in [6.07, 6.45) is 0. The molecule has 0 fully saturated rings. The first-order chi connectivity index (χ1) is 20.5. The number of benzene rings is 5. The fourth-order valence-electron chi connectivity index (χ4n) is 6.65. The number of amides is 1. The zero-order chi connectivity index (χ0) is 29.2. The summed E-state index contributed by atoms with van der Waals surface area (Å²) in [6.45, 7) is 8.80. The third-order valence-electron chi connectivity index (χ3n) is 8.58. The molecule has 44 heavy (non-hydrogen) atoms. The van der Waals surface area contributed by atoms with E-state index in [2.05, 4.69) is 158 Å². The fourth-order valence-corrected chi connectivity index (χ4v) is 28.2. The van der Waals surface area contributed by atoms with Gasteiger partial charge in [-0.2, -0.15) is 0 Å². The first kappa shape index (κ1) is 34.1. The SMILES string of the molecule is CC(C)c1cccc(C(C)C)c1C(=O)[NH][Zr+2]([CH]1c2ccccc2-c2ccccc21)[SiH](c1ccccc1)c1ccccc1.[Cl-].[Cl-]. The van der Waals surface area contributed by atoms with Crippen LogP contribution in [0, 0.1) is 0 Å². The van der Waals surface area contributed by atoms with Gasteiger partial charge in [-0.05, 0) is 0 Å². The monoisotopic (exact) mass is 712 g/mol. The van der Waals surface area contributed by atoms with E-state index in [-0.39, 0.29) is 46.2 Å². The van der Waals surface area contributed by atoms with E-state index in [1.54, 1.807) is 0 Å². The van der Waals surface area contributed by atoms with Crippen molar-refractivity contribution in [2.75, 3.05) is 0 Å². The van der Waals surface area contributed by atoms with Crippen LogP contribution in [-0.4, -0.2) is 11.8 Å². The molecule has 1 N–H and O–H groups in total. The number of carbonyl (C=O) groups is 1. The third-order valence-corrected chi connectivity index (χ3v) is 28.0. The van der Waals surface area contributed by atoms with E-state index in [0.29, 0.717) is 0 Å². The average Bonchev–Trinajstić information content (AvgIpc) is 3.35. The van der Waals surface area contributed by atoms with Crippen LogP contribution >= 0.6 is 0 Å². The van der Waals surface area contributed by atoms with Gasteiger partial charge < -0.3 is 24.8 Å². The molecule has 2 nitrogen and oxygen atoms in total. The van der Waals surface area contributed by atoms with Crippen LogP contribution in [0.1, 0.15) is 75.8 Å². The Balaban J connectivity index is 0.00000221. The molecule has 0 aliphatic heterocycles. The number of halogens is 2. The molecule has 0 unspecified atom stereocenters. The largest absolute Gasteiger partial charge is 1.00 e. The standard InChI is InChI=1S/C13H19NO.C13H9.C12H11Si.2ClH.Zr/c1-8(2)10-6-5-7-11(9(3)4)12(10)13(14)15;1-3-7-12-10(5-1)9-11-6-2-4-8-13(11)12;1-3-7-11(8-4-1)13-12-9-5-2-6-10-12;;;/h5-9H,1-4H3,(H2,14,15);1-9H;1-10,13H;2*1H;/q;;;;;+3/p-3. The molecule has 0 atom stereocenters. The molecule has 0 bridgehead atoms. The number of rotatable bonds is 8. The van der Waals surface area contributed by atoms with Gasteiger partial charge in [-0.3, -0.25) is 0 Å². The Bertz CT molecular complexity index is 1600. The quantitative estimate of drug-likeness (QED) is 0.243. The Labute approximate surface area is 283 Å². The second kappa shape index (κ2) is 15.0. The van der Waals surface area contributed by atoms with Crippen LogP contribution < -0.4 is 38.4 Å². The van der Waals surface area contributed by atoms with E-state index >= 15 is 0 Å². The molecule has 223 valence electrons. The van der Waals surface area contributed by atoms with Crippen molar-refractivity contribution in [1.82, 2.24) is 3.26 Å². The molecule has 0 saturated carbocycles. The zero-order valence-electron chi connectivity index (χ0n) is 25.6. The minimum absolute atomic E-state index is 0. The first-order valence-corrected chi connectivity index (χ1v) is 23.7. The molecule has 1 aliphatic carbocycles. The molecular weight excluding hydrogens is 677 g/mol. The van der Waals surface area contributed by atoms with E-state index < -0.39 is 27.1 Å². The second-order valence-electron chi connectivity index (χ2n) is 11.9. The van der Waals surface area contributed by atoms with Crippen LogP contribution in [0.5, 0.6) is 0 Å². The maximum Gasteiger partial charge on any atom is -1.00 e.